The molecule has 0 radical (unpaired) electrons. The molecule has 0 saturated heterocycles. The van der Waals surface area contributed by atoms with Crippen LogP contribution in [0, 0.1) is 0 Å². The summed E-state index contributed by atoms with van der Waals surface area (Å²) in [6.45, 7) is 2.12. The molecule has 1 unspecified atom stereocenters. The molecule has 2 N–H and O–H groups in total. The highest BCUT2D eigenvalue weighted by Gasteiger charge is 2.05. The monoisotopic (exact) mass is 195 g/mol. The van der Waals surface area contributed by atoms with Crippen LogP contribution in [0.5, 0.6) is 5.88 Å². The molecule has 0 fully saturated rings. The Morgan fingerprint density at radius 1 is 1.50 bits per heavy atom. The molecule has 0 aliphatic heterocycles. The van der Waals surface area contributed by atoms with Crippen molar-refractivity contribution in [2.75, 3.05) is 7.11 Å². The number of hydrogen-bond donors (Lipinski definition) is 1. The van der Waals surface area contributed by atoms with Crippen LogP contribution in [0.2, 0.25) is 0 Å². The van der Waals surface area contributed by atoms with Crippen molar-refractivity contribution in [3.05, 3.63) is 18.1 Å². The summed E-state index contributed by atoms with van der Waals surface area (Å²) in [7, 11) is 1.58. The standard InChI is InChI=1S/C10H17N3O/c1-3-4-8(11)5-9-6-12-7-10(13-9)14-2/h6-8H,3-5,11H2,1-2H3. The molecule has 0 aromatic carbocycles. The van der Waals surface area contributed by atoms with E-state index in [4.69, 9.17) is 10.5 Å². The largest absolute Gasteiger partial charge is 0.480 e. The van der Waals surface area contributed by atoms with Crippen LogP contribution in [0.1, 0.15) is 25.5 Å². The molecule has 78 valence electrons. The van der Waals surface area contributed by atoms with Crippen molar-refractivity contribution in [1.29, 1.82) is 0 Å². The molecule has 0 spiro atoms. The Bertz CT molecular complexity index is 278. The molecule has 0 aliphatic rings. The fourth-order valence-electron chi connectivity index (χ4n) is 1.32. The van der Waals surface area contributed by atoms with Crippen molar-refractivity contribution in [3.8, 4) is 5.88 Å². The van der Waals surface area contributed by atoms with Gasteiger partial charge in [0.05, 0.1) is 19.0 Å². The zero-order valence-electron chi connectivity index (χ0n) is 8.73. The van der Waals surface area contributed by atoms with Gasteiger partial charge in [0.1, 0.15) is 0 Å². The molecule has 0 amide bonds. The molecule has 1 aromatic rings. The van der Waals surface area contributed by atoms with E-state index >= 15 is 0 Å². The normalized spacial score (nSPS) is 12.5. The molecule has 14 heavy (non-hydrogen) atoms. The summed E-state index contributed by atoms with van der Waals surface area (Å²) in [6, 6.07) is 0.168. The van der Waals surface area contributed by atoms with Gasteiger partial charge in [0.2, 0.25) is 5.88 Å². The molecular formula is C10H17N3O. The average molecular weight is 195 g/mol. The zero-order valence-corrected chi connectivity index (χ0v) is 8.73. The lowest BCUT2D eigenvalue weighted by atomic mass is 10.1. The number of methoxy groups -OCH3 is 1. The predicted octanol–water partition coefficient (Wildman–Crippen LogP) is 1.16. The maximum Gasteiger partial charge on any atom is 0.232 e. The topological polar surface area (TPSA) is 61.0 Å². The van der Waals surface area contributed by atoms with E-state index in [2.05, 4.69) is 16.9 Å². The minimum atomic E-state index is 0.168. The van der Waals surface area contributed by atoms with Crippen LogP contribution in [-0.4, -0.2) is 23.1 Å². The summed E-state index contributed by atoms with van der Waals surface area (Å²) < 4.78 is 4.98. The Balaban J connectivity index is 2.57. The minimum Gasteiger partial charge on any atom is -0.480 e. The quantitative estimate of drug-likeness (QED) is 0.765. The molecule has 1 atom stereocenters. The predicted molar refractivity (Wildman–Crippen MR) is 55.2 cm³/mol. The van der Waals surface area contributed by atoms with Gasteiger partial charge in [-0.15, -0.1) is 0 Å². The van der Waals surface area contributed by atoms with Gasteiger partial charge in [-0.1, -0.05) is 13.3 Å². The Kier molecular flexibility index (Phi) is 4.32. The van der Waals surface area contributed by atoms with Gasteiger partial charge in [0, 0.05) is 18.7 Å². The highest BCUT2D eigenvalue weighted by atomic mass is 16.5. The van der Waals surface area contributed by atoms with Gasteiger partial charge >= 0.3 is 0 Å². The molecule has 0 aliphatic carbocycles. The second kappa shape index (κ2) is 5.54. The van der Waals surface area contributed by atoms with Gasteiger partial charge in [-0.05, 0) is 6.42 Å². The fraction of sp³-hybridized carbons (Fsp3) is 0.600. The van der Waals surface area contributed by atoms with Gasteiger partial charge in [0.15, 0.2) is 0 Å². The van der Waals surface area contributed by atoms with Crippen LogP contribution in [0.3, 0.4) is 0 Å². The molecule has 1 aromatic heterocycles. The van der Waals surface area contributed by atoms with Crippen molar-refractivity contribution < 1.29 is 4.74 Å². The van der Waals surface area contributed by atoms with Crippen LogP contribution in [0.15, 0.2) is 12.4 Å². The third-order valence-corrected chi connectivity index (χ3v) is 2.00. The lowest BCUT2D eigenvalue weighted by Crippen LogP contribution is -2.23. The van der Waals surface area contributed by atoms with E-state index < -0.39 is 0 Å². The third kappa shape index (κ3) is 3.30. The van der Waals surface area contributed by atoms with Crippen molar-refractivity contribution in [3.63, 3.8) is 0 Å². The average Bonchev–Trinajstić information content (AvgIpc) is 2.18. The van der Waals surface area contributed by atoms with E-state index in [0.29, 0.717) is 5.88 Å². The Labute approximate surface area is 84.5 Å². The summed E-state index contributed by atoms with van der Waals surface area (Å²) in [6.07, 6.45) is 6.20. The third-order valence-electron chi connectivity index (χ3n) is 2.00. The molecular weight excluding hydrogens is 178 g/mol. The van der Waals surface area contributed by atoms with E-state index in [1.807, 2.05) is 0 Å². The second-order valence-corrected chi connectivity index (χ2v) is 3.31. The fourth-order valence-corrected chi connectivity index (χ4v) is 1.32. The Hall–Kier alpha value is -1.16. The number of nitrogens with zero attached hydrogens (tertiary/aromatic N) is 2. The molecule has 1 rings (SSSR count). The van der Waals surface area contributed by atoms with Gasteiger partial charge in [-0.25, -0.2) is 4.98 Å². The Morgan fingerprint density at radius 2 is 2.29 bits per heavy atom. The second-order valence-electron chi connectivity index (χ2n) is 3.31. The summed E-state index contributed by atoms with van der Waals surface area (Å²) in [5.41, 5.74) is 6.79. The van der Waals surface area contributed by atoms with E-state index in [1.54, 1.807) is 19.5 Å². The van der Waals surface area contributed by atoms with Crippen molar-refractivity contribution in [2.45, 2.75) is 32.2 Å². The lowest BCUT2D eigenvalue weighted by Gasteiger charge is -2.09. The number of aromatic nitrogens is 2. The van der Waals surface area contributed by atoms with E-state index in [1.165, 1.54) is 0 Å². The van der Waals surface area contributed by atoms with E-state index in [9.17, 15) is 0 Å². The maximum absolute atomic E-state index is 5.90. The number of hydrogen-bond acceptors (Lipinski definition) is 4. The Morgan fingerprint density at radius 3 is 2.93 bits per heavy atom. The smallest absolute Gasteiger partial charge is 0.232 e. The van der Waals surface area contributed by atoms with E-state index in [-0.39, 0.29) is 6.04 Å². The number of nitrogens with two attached hydrogens (primary N) is 1. The van der Waals surface area contributed by atoms with Crippen LogP contribution < -0.4 is 10.5 Å². The summed E-state index contributed by atoms with van der Waals surface area (Å²) in [4.78, 5) is 8.27. The van der Waals surface area contributed by atoms with Gasteiger partial charge in [-0.3, -0.25) is 4.98 Å². The maximum atomic E-state index is 5.90. The number of ether oxygens (including phenoxy) is 1. The summed E-state index contributed by atoms with van der Waals surface area (Å²) >= 11 is 0. The molecule has 0 bridgehead atoms. The molecule has 0 saturated carbocycles. The first-order valence-electron chi connectivity index (χ1n) is 4.86. The summed E-state index contributed by atoms with van der Waals surface area (Å²) in [5, 5.41) is 0. The number of rotatable bonds is 5. The summed E-state index contributed by atoms with van der Waals surface area (Å²) in [5.74, 6) is 0.547. The highest BCUT2D eigenvalue weighted by Crippen LogP contribution is 2.07. The molecule has 1 heterocycles. The van der Waals surface area contributed by atoms with Crippen molar-refractivity contribution >= 4 is 0 Å². The van der Waals surface area contributed by atoms with Crippen molar-refractivity contribution in [1.82, 2.24) is 9.97 Å². The van der Waals surface area contributed by atoms with Gasteiger partial charge in [0.25, 0.3) is 0 Å². The first-order valence-corrected chi connectivity index (χ1v) is 4.86. The first-order chi connectivity index (χ1) is 6.76. The lowest BCUT2D eigenvalue weighted by molar-refractivity contribution is 0.393. The zero-order chi connectivity index (χ0) is 10.4. The van der Waals surface area contributed by atoms with Crippen molar-refractivity contribution in [2.24, 2.45) is 5.73 Å². The van der Waals surface area contributed by atoms with Gasteiger partial charge < -0.3 is 10.5 Å². The molecule has 4 nitrogen and oxygen atoms in total. The first kappa shape index (κ1) is 10.9. The molecule has 4 heteroatoms. The SMILES string of the molecule is CCCC(N)Cc1cncc(OC)n1. The highest BCUT2D eigenvalue weighted by molar-refractivity contribution is 5.09. The van der Waals surface area contributed by atoms with Gasteiger partial charge in [-0.2, -0.15) is 0 Å². The van der Waals surface area contributed by atoms with Crippen LogP contribution in [-0.2, 0) is 6.42 Å². The minimum absolute atomic E-state index is 0.168. The van der Waals surface area contributed by atoms with Crippen LogP contribution in [0.25, 0.3) is 0 Å². The van der Waals surface area contributed by atoms with E-state index in [0.717, 1.165) is 25.0 Å². The van der Waals surface area contributed by atoms with Crippen LogP contribution >= 0.6 is 0 Å². The van der Waals surface area contributed by atoms with Crippen LogP contribution in [0.4, 0.5) is 0 Å².